The fourth-order valence-corrected chi connectivity index (χ4v) is 1.89. The maximum atomic E-state index is 12.0. The molecule has 0 saturated heterocycles. The third-order valence-corrected chi connectivity index (χ3v) is 3.33. The fraction of sp³-hybridized carbons (Fsp3) is 0.462. The molecule has 0 aromatic carbocycles. The van der Waals surface area contributed by atoms with Gasteiger partial charge in [0.05, 0.1) is 29.5 Å². The Morgan fingerprint density at radius 2 is 2.21 bits per heavy atom. The van der Waals surface area contributed by atoms with Crippen LogP contribution in [0.2, 0.25) is 0 Å². The molecule has 1 fully saturated rings. The largest absolute Gasteiger partial charge is 0.481 e. The smallest absolute Gasteiger partial charge is 0.309 e. The van der Waals surface area contributed by atoms with Crippen molar-refractivity contribution in [1.29, 1.82) is 0 Å². The van der Waals surface area contributed by atoms with Gasteiger partial charge in [0.15, 0.2) is 0 Å². The minimum atomic E-state index is -0.937. The van der Waals surface area contributed by atoms with E-state index in [1.807, 2.05) is 0 Å². The van der Waals surface area contributed by atoms with Gasteiger partial charge in [0.25, 0.3) is 0 Å². The highest BCUT2D eigenvalue weighted by Gasteiger charge is 2.44. The molecular formula is C13H17N3O3. The average Bonchev–Trinajstić information content (AvgIpc) is 3.15. The number of carbonyl (C=O) groups excluding carboxylic acids is 1. The highest BCUT2D eigenvalue weighted by atomic mass is 16.4. The molecule has 1 atom stereocenters. The molecule has 1 aliphatic rings. The van der Waals surface area contributed by atoms with Crippen LogP contribution in [0.4, 0.5) is 5.69 Å². The number of hydrogen-bond donors (Lipinski definition) is 3. The summed E-state index contributed by atoms with van der Waals surface area (Å²) in [5.74, 6) is -0.929. The number of aromatic nitrogens is 1. The Hall–Kier alpha value is -1.95. The summed E-state index contributed by atoms with van der Waals surface area (Å²) in [5, 5.41) is 11.3. The zero-order valence-electron chi connectivity index (χ0n) is 10.7. The Kier molecular flexibility index (Phi) is 3.53. The number of pyridine rings is 1. The maximum absolute atomic E-state index is 12.0. The van der Waals surface area contributed by atoms with Crippen molar-refractivity contribution in [1.82, 2.24) is 4.98 Å². The number of anilines is 1. The summed E-state index contributed by atoms with van der Waals surface area (Å²) in [6, 6.07) is 3.21. The first-order valence-corrected chi connectivity index (χ1v) is 6.16. The van der Waals surface area contributed by atoms with Crippen LogP contribution in [-0.4, -0.2) is 27.5 Å². The molecule has 102 valence electrons. The van der Waals surface area contributed by atoms with Crippen molar-refractivity contribution >= 4 is 17.6 Å². The van der Waals surface area contributed by atoms with Crippen LogP contribution in [0.25, 0.3) is 0 Å². The van der Waals surface area contributed by atoms with Gasteiger partial charge in [-0.1, -0.05) is 0 Å². The number of nitrogens with one attached hydrogen (secondary N) is 1. The van der Waals surface area contributed by atoms with Crippen molar-refractivity contribution in [2.45, 2.75) is 31.7 Å². The van der Waals surface area contributed by atoms with Crippen molar-refractivity contribution in [2.75, 3.05) is 5.32 Å². The number of nitrogens with two attached hydrogens (primary N) is 1. The molecule has 0 aliphatic heterocycles. The van der Waals surface area contributed by atoms with Crippen LogP contribution < -0.4 is 11.1 Å². The molecule has 6 nitrogen and oxygen atoms in total. The Morgan fingerprint density at radius 1 is 1.53 bits per heavy atom. The van der Waals surface area contributed by atoms with Gasteiger partial charge < -0.3 is 16.2 Å². The first-order chi connectivity index (χ1) is 8.89. The van der Waals surface area contributed by atoms with Gasteiger partial charge in [-0.05, 0) is 37.8 Å². The molecule has 2 rings (SSSR count). The summed E-state index contributed by atoms with van der Waals surface area (Å²) in [4.78, 5) is 26.5. The van der Waals surface area contributed by atoms with E-state index in [1.165, 1.54) is 6.20 Å². The average molecular weight is 263 g/mol. The summed E-state index contributed by atoms with van der Waals surface area (Å²) in [5.41, 5.74) is 6.11. The second-order valence-electron chi connectivity index (χ2n) is 5.12. The molecule has 0 bridgehead atoms. The molecule has 1 aliphatic carbocycles. The van der Waals surface area contributed by atoms with Gasteiger partial charge in [-0.15, -0.1) is 0 Å². The zero-order valence-corrected chi connectivity index (χ0v) is 10.7. The van der Waals surface area contributed by atoms with Crippen LogP contribution in [-0.2, 0) is 16.0 Å². The first-order valence-electron chi connectivity index (χ1n) is 6.16. The van der Waals surface area contributed by atoms with E-state index in [0.717, 1.165) is 12.8 Å². The quantitative estimate of drug-likeness (QED) is 0.727. The molecule has 1 amide bonds. The molecule has 1 unspecified atom stereocenters. The number of rotatable bonds is 5. The predicted molar refractivity (Wildman–Crippen MR) is 69.5 cm³/mol. The minimum absolute atomic E-state index is 0.134. The third kappa shape index (κ3) is 3.29. The lowest BCUT2D eigenvalue weighted by atomic mass is 9.96. The van der Waals surface area contributed by atoms with Gasteiger partial charge in [0.1, 0.15) is 0 Å². The standard InChI is InChI=1S/C13H17N3O3/c1-13(14,8-2-3-8)12(19)16-10-5-4-9(15-7-10)6-11(17)18/h4-5,7-8H,2-3,6,14H2,1H3,(H,16,19)(H,17,18). The number of carboxylic acid groups (broad SMARTS) is 1. The molecule has 6 heteroatoms. The van der Waals surface area contributed by atoms with E-state index in [1.54, 1.807) is 19.1 Å². The van der Waals surface area contributed by atoms with Crippen LogP contribution in [0.1, 0.15) is 25.5 Å². The maximum Gasteiger partial charge on any atom is 0.309 e. The second-order valence-corrected chi connectivity index (χ2v) is 5.12. The molecule has 1 heterocycles. The van der Waals surface area contributed by atoms with Crippen molar-refractivity contribution in [3.63, 3.8) is 0 Å². The molecule has 1 aromatic rings. The normalized spacial score (nSPS) is 17.6. The Balaban J connectivity index is 1.99. The van der Waals surface area contributed by atoms with Crippen LogP contribution in [0.3, 0.4) is 0 Å². The van der Waals surface area contributed by atoms with Crippen LogP contribution in [0, 0.1) is 5.92 Å². The second kappa shape index (κ2) is 4.97. The van der Waals surface area contributed by atoms with E-state index in [4.69, 9.17) is 10.8 Å². The number of carboxylic acids is 1. The molecule has 0 radical (unpaired) electrons. The van der Waals surface area contributed by atoms with Crippen LogP contribution >= 0.6 is 0 Å². The Morgan fingerprint density at radius 3 is 2.68 bits per heavy atom. The third-order valence-electron chi connectivity index (χ3n) is 3.33. The van der Waals surface area contributed by atoms with E-state index in [9.17, 15) is 9.59 Å². The van der Waals surface area contributed by atoms with Crippen molar-refractivity contribution in [3.8, 4) is 0 Å². The lowest BCUT2D eigenvalue weighted by molar-refractivity contribution is -0.136. The van der Waals surface area contributed by atoms with E-state index < -0.39 is 11.5 Å². The van der Waals surface area contributed by atoms with Gasteiger partial charge in [0, 0.05) is 0 Å². The van der Waals surface area contributed by atoms with Crippen LogP contribution in [0.5, 0.6) is 0 Å². The molecule has 1 aromatic heterocycles. The number of aliphatic carboxylic acids is 1. The molecule has 4 N–H and O–H groups in total. The van der Waals surface area contributed by atoms with Crippen molar-refractivity contribution in [3.05, 3.63) is 24.0 Å². The van der Waals surface area contributed by atoms with Crippen LogP contribution in [0.15, 0.2) is 18.3 Å². The molecule has 1 saturated carbocycles. The van der Waals surface area contributed by atoms with E-state index >= 15 is 0 Å². The molecular weight excluding hydrogens is 246 g/mol. The number of hydrogen-bond acceptors (Lipinski definition) is 4. The Labute approximate surface area is 111 Å². The van der Waals surface area contributed by atoms with Gasteiger partial charge in [-0.25, -0.2) is 0 Å². The summed E-state index contributed by atoms with van der Waals surface area (Å²) in [6.45, 7) is 1.73. The topological polar surface area (TPSA) is 105 Å². The van der Waals surface area contributed by atoms with E-state index in [-0.39, 0.29) is 18.2 Å². The zero-order chi connectivity index (χ0) is 14.0. The lowest BCUT2D eigenvalue weighted by Gasteiger charge is -2.23. The monoisotopic (exact) mass is 263 g/mol. The van der Waals surface area contributed by atoms with Crippen molar-refractivity contribution in [2.24, 2.45) is 11.7 Å². The van der Waals surface area contributed by atoms with Gasteiger partial charge >= 0.3 is 5.97 Å². The first kappa shape index (κ1) is 13.5. The van der Waals surface area contributed by atoms with E-state index in [0.29, 0.717) is 11.4 Å². The Bertz CT molecular complexity index is 492. The van der Waals surface area contributed by atoms with E-state index in [2.05, 4.69) is 10.3 Å². The minimum Gasteiger partial charge on any atom is -0.481 e. The molecule has 19 heavy (non-hydrogen) atoms. The van der Waals surface area contributed by atoms with Gasteiger partial charge in [-0.3, -0.25) is 14.6 Å². The summed E-state index contributed by atoms with van der Waals surface area (Å²) < 4.78 is 0. The fourth-order valence-electron chi connectivity index (χ4n) is 1.89. The summed E-state index contributed by atoms with van der Waals surface area (Å²) in [6.07, 6.45) is 3.27. The number of carbonyl (C=O) groups is 2. The SMILES string of the molecule is CC(N)(C(=O)Nc1ccc(CC(=O)O)nc1)C1CC1. The van der Waals surface area contributed by atoms with Crippen molar-refractivity contribution < 1.29 is 14.7 Å². The lowest BCUT2D eigenvalue weighted by Crippen LogP contribution is -2.50. The highest BCUT2D eigenvalue weighted by Crippen LogP contribution is 2.38. The summed E-state index contributed by atoms with van der Waals surface area (Å²) >= 11 is 0. The van der Waals surface area contributed by atoms with Gasteiger partial charge in [0.2, 0.25) is 5.91 Å². The number of amides is 1. The highest BCUT2D eigenvalue weighted by molar-refractivity contribution is 5.98. The number of nitrogens with zero attached hydrogens (tertiary/aromatic N) is 1. The van der Waals surface area contributed by atoms with Gasteiger partial charge in [-0.2, -0.15) is 0 Å². The predicted octanol–water partition coefficient (Wildman–Crippen LogP) is 0.775. The summed E-state index contributed by atoms with van der Waals surface area (Å²) in [7, 11) is 0. The molecule has 0 spiro atoms.